The Morgan fingerprint density at radius 1 is 1.30 bits per heavy atom. The third-order valence-electron chi connectivity index (χ3n) is 5.58. The lowest BCUT2D eigenvalue weighted by atomic mass is 9.68. The monoisotopic (exact) mass is 279 g/mol. The lowest BCUT2D eigenvalue weighted by Crippen LogP contribution is -2.43. The topological polar surface area (TPSA) is 47.9 Å². The van der Waals surface area contributed by atoms with Crippen molar-refractivity contribution < 1.29 is 5.11 Å². The van der Waals surface area contributed by atoms with Crippen molar-refractivity contribution in [2.75, 3.05) is 26.2 Å². The Morgan fingerprint density at radius 2 is 2.15 bits per heavy atom. The van der Waals surface area contributed by atoms with Crippen molar-refractivity contribution in [1.29, 1.82) is 0 Å². The Kier molecular flexibility index (Phi) is 4.20. The Labute approximate surface area is 122 Å². The molecule has 0 aromatic carbocycles. The van der Waals surface area contributed by atoms with Gasteiger partial charge >= 0.3 is 0 Å². The molecule has 4 heteroatoms. The van der Waals surface area contributed by atoms with Gasteiger partial charge in [-0.05, 0) is 44.4 Å². The van der Waals surface area contributed by atoms with Gasteiger partial charge in [0.2, 0.25) is 0 Å². The number of aliphatic imine (C=N–C) groups is 1. The number of aliphatic hydroxyl groups excluding tert-OH is 1. The maximum absolute atomic E-state index is 9.92. The molecule has 1 spiro atoms. The molecule has 0 bridgehead atoms. The van der Waals surface area contributed by atoms with Crippen molar-refractivity contribution in [3.8, 4) is 0 Å². The second-order valence-electron chi connectivity index (χ2n) is 6.98. The number of hydrogen-bond donors (Lipinski definition) is 2. The van der Waals surface area contributed by atoms with E-state index in [0.29, 0.717) is 11.3 Å². The minimum Gasteiger partial charge on any atom is -0.393 e. The summed E-state index contributed by atoms with van der Waals surface area (Å²) in [5, 5.41) is 13.4. The Hall–Kier alpha value is -0.770. The predicted molar refractivity (Wildman–Crippen MR) is 81.8 cm³/mol. The molecule has 2 unspecified atom stereocenters. The highest BCUT2D eigenvalue weighted by Crippen LogP contribution is 2.47. The number of nitrogens with one attached hydrogen (secondary N) is 1. The van der Waals surface area contributed by atoms with Gasteiger partial charge in [0, 0.05) is 32.1 Å². The van der Waals surface area contributed by atoms with E-state index in [2.05, 4.69) is 17.1 Å². The summed E-state index contributed by atoms with van der Waals surface area (Å²) in [7, 11) is 0. The van der Waals surface area contributed by atoms with Gasteiger partial charge in [0.25, 0.3) is 0 Å². The molecule has 1 saturated heterocycles. The van der Waals surface area contributed by atoms with Gasteiger partial charge in [-0.25, -0.2) is 0 Å². The molecule has 2 atom stereocenters. The van der Waals surface area contributed by atoms with Crippen LogP contribution < -0.4 is 5.32 Å². The molecule has 0 amide bonds. The van der Waals surface area contributed by atoms with E-state index in [9.17, 15) is 5.11 Å². The standard InChI is InChI=1S/C16H29N3O/c1-2-17-15(18-11-13-5-3-6-14(13)20)19-10-9-16(12-19)7-4-8-16/h13-14,20H,2-12H2,1H3,(H,17,18). The summed E-state index contributed by atoms with van der Waals surface area (Å²) in [6, 6.07) is 0. The molecular weight excluding hydrogens is 250 g/mol. The highest BCUT2D eigenvalue weighted by Gasteiger charge is 2.43. The number of hydrogen-bond acceptors (Lipinski definition) is 2. The fourth-order valence-electron chi connectivity index (χ4n) is 4.06. The Morgan fingerprint density at radius 3 is 2.70 bits per heavy atom. The van der Waals surface area contributed by atoms with E-state index in [1.807, 2.05) is 0 Å². The second-order valence-corrected chi connectivity index (χ2v) is 6.98. The van der Waals surface area contributed by atoms with Gasteiger partial charge < -0.3 is 15.3 Å². The average Bonchev–Trinajstić information content (AvgIpc) is 3.01. The summed E-state index contributed by atoms with van der Waals surface area (Å²) in [6.45, 7) is 6.18. The molecule has 3 rings (SSSR count). The van der Waals surface area contributed by atoms with Crippen molar-refractivity contribution in [2.45, 2.75) is 58.0 Å². The molecule has 2 saturated carbocycles. The molecule has 20 heavy (non-hydrogen) atoms. The molecule has 0 radical (unpaired) electrons. The number of guanidine groups is 1. The third-order valence-corrected chi connectivity index (χ3v) is 5.58. The summed E-state index contributed by atoms with van der Waals surface area (Å²) in [5.74, 6) is 1.46. The van der Waals surface area contributed by atoms with Crippen LogP contribution in [0.25, 0.3) is 0 Å². The van der Waals surface area contributed by atoms with E-state index >= 15 is 0 Å². The van der Waals surface area contributed by atoms with Crippen LogP contribution in [0.15, 0.2) is 4.99 Å². The minimum atomic E-state index is -0.127. The molecule has 2 aliphatic carbocycles. The SMILES string of the molecule is CCNC(=NCC1CCCC1O)N1CCC2(CCC2)C1. The van der Waals surface area contributed by atoms with Crippen LogP contribution in [0.5, 0.6) is 0 Å². The van der Waals surface area contributed by atoms with Gasteiger partial charge in [-0.1, -0.05) is 12.8 Å². The Balaban J connectivity index is 1.59. The van der Waals surface area contributed by atoms with Gasteiger partial charge in [0.1, 0.15) is 0 Å². The lowest BCUT2D eigenvalue weighted by Gasteiger charge is -2.38. The zero-order valence-corrected chi connectivity index (χ0v) is 12.8. The lowest BCUT2D eigenvalue weighted by molar-refractivity contribution is 0.136. The van der Waals surface area contributed by atoms with E-state index in [1.54, 1.807) is 0 Å². The maximum Gasteiger partial charge on any atom is 0.193 e. The minimum absolute atomic E-state index is 0.127. The van der Waals surface area contributed by atoms with Crippen LogP contribution in [-0.4, -0.2) is 48.2 Å². The number of aliphatic hydroxyl groups is 1. The first-order valence-electron chi connectivity index (χ1n) is 8.44. The zero-order valence-electron chi connectivity index (χ0n) is 12.8. The van der Waals surface area contributed by atoms with Gasteiger partial charge in [-0.3, -0.25) is 4.99 Å². The second kappa shape index (κ2) is 5.92. The van der Waals surface area contributed by atoms with E-state index in [0.717, 1.165) is 44.9 Å². The highest BCUT2D eigenvalue weighted by atomic mass is 16.3. The van der Waals surface area contributed by atoms with Crippen LogP contribution in [0.2, 0.25) is 0 Å². The van der Waals surface area contributed by atoms with Crippen molar-refractivity contribution in [1.82, 2.24) is 10.2 Å². The third kappa shape index (κ3) is 2.80. The molecule has 3 fully saturated rings. The van der Waals surface area contributed by atoms with Crippen molar-refractivity contribution >= 4 is 5.96 Å². The smallest absolute Gasteiger partial charge is 0.193 e. The first-order chi connectivity index (χ1) is 9.72. The number of nitrogens with zero attached hydrogens (tertiary/aromatic N) is 2. The van der Waals surface area contributed by atoms with Crippen LogP contribution in [0, 0.1) is 11.3 Å². The van der Waals surface area contributed by atoms with Crippen LogP contribution in [0.3, 0.4) is 0 Å². The average molecular weight is 279 g/mol. The van der Waals surface area contributed by atoms with Crippen molar-refractivity contribution in [3.05, 3.63) is 0 Å². The highest BCUT2D eigenvalue weighted by molar-refractivity contribution is 5.80. The van der Waals surface area contributed by atoms with E-state index in [1.165, 1.54) is 32.2 Å². The van der Waals surface area contributed by atoms with Crippen LogP contribution in [0.1, 0.15) is 51.9 Å². The molecule has 0 aromatic rings. The summed E-state index contributed by atoms with van der Waals surface area (Å²) >= 11 is 0. The van der Waals surface area contributed by atoms with Gasteiger partial charge in [0.05, 0.1) is 6.10 Å². The van der Waals surface area contributed by atoms with Gasteiger partial charge in [-0.2, -0.15) is 0 Å². The number of likely N-dealkylation sites (tertiary alicyclic amines) is 1. The molecule has 3 aliphatic rings. The Bertz CT molecular complexity index is 365. The first-order valence-corrected chi connectivity index (χ1v) is 8.44. The van der Waals surface area contributed by atoms with Crippen LogP contribution >= 0.6 is 0 Å². The predicted octanol–water partition coefficient (Wildman–Crippen LogP) is 1.99. The van der Waals surface area contributed by atoms with Crippen molar-refractivity contribution in [2.24, 2.45) is 16.3 Å². The summed E-state index contributed by atoms with van der Waals surface area (Å²) in [4.78, 5) is 7.27. The van der Waals surface area contributed by atoms with E-state index < -0.39 is 0 Å². The molecular formula is C16H29N3O. The molecule has 0 aromatic heterocycles. The normalized spacial score (nSPS) is 32.7. The first kappa shape index (κ1) is 14.2. The molecule has 4 nitrogen and oxygen atoms in total. The van der Waals surface area contributed by atoms with Gasteiger partial charge in [0.15, 0.2) is 5.96 Å². The quantitative estimate of drug-likeness (QED) is 0.613. The largest absolute Gasteiger partial charge is 0.393 e. The maximum atomic E-state index is 9.92. The number of rotatable bonds is 3. The summed E-state index contributed by atoms with van der Waals surface area (Å²) in [5.41, 5.74) is 0.614. The summed E-state index contributed by atoms with van der Waals surface area (Å²) < 4.78 is 0. The molecule has 2 N–H and O–H groups in total. The van der Waals surface area contributed by atoms with Gasteiger partial charge in [-0.15, -0.1) is 0 Å². The molecule has 1 heterocycles. The molecule has 114 valence electrons. The fourth-order valence-corrected chi connectivity index (χ4v) is 4.06. The van der Waals surface area contributed by atoms with E-state index in [4.69, 9.17) is 4.99 Å². The fraction of sp³-hybridized carbons (Fsp3) is 0.938. The molecule has 1 aliphatic heterocycles. The van der Waals surface area contributed by atoms with Crippen LogP contribution in [0.4, 0.5) is 0 Å². The zero-order chi connectivity index (χ0) is 14.0. The summed E-state index contributed by atoms with van der Waals surface area (Å²) in [6.07, 6.45) is 8.69. The van der Waals surface area contributed by atoms with E-state index in [-0.39, 0.29) is 6.10 Å². The van der Waals surface area contributed by atoms with Crippen LogP contribution in [-0.2, 0) is 0 Å². The van der Waals surface area contributed by atoms with Crippen molar-refractivity contribution in [3.63, 3.8) is 0 Å².